The zero-order chi connectivity index (χ0) is 19.2. The van der Waals surface area contributed by atoms with Crippen LogP contribution in [0.4, 0.5) is 5.69 Å². The van der Waals surface area contributed by atoms with Crippen LogP contribution >= 0.6 is 15.9 Å². The number of carbonyl (C=O) groups is 2. The van der Waals surface area contributed by atoms with Gasteiger partial charge in [-0.25, -0.2) is 0 Å². The normalized spacial score (nSPS) is 13.2. The van der Waals surface area contributed by atoms with E-state index >= 15 is 0 Å². The zero-order valence-electron chi connectivity index (χ0n) is 15.3. The molecule has 0 radical (unpaired) electrons. The van der Waals surface area contributed by atoms with Crippen LogP contribution in [0, 0.1) is 24.2 Å². The Labute approximate surface area is 157 Å². The quantitative estimate of drug-likeness (QED) is 0.725. The molecular formula is C18H25BrN4O2. The van der Waals surface area contributed by atoms with E-state index in [1.165, 1.54) is 0 Å². The summed E-state index contributed by atoms with van der Waals surface area (Å²) in [4.78, 5) is 25.9. The number of amides is 2. The molecule has 136 valence electrons. The van der Waals surface area contributed by atoms with Crippen molar-refractivity contribution < 1.29 is 9.59 Å². The molecule has 2 amide bonds. The molecule has 1 aromatic carbocycles. The lowest BCUT2D eigenvalue weighted by atomic mass is 9.90. The number of likely N-dealkylation sites (N-methyl/N-ethyl adjacent to an activating group) is 1. The van der Waals surface area contributed by atoms with Crippen LogP contribution in [-0.4, -0.2) is 42.4 Å². The molecule has 0 bridgehead atoms. The molecule has 0 aliphatic carbocycles. The molecule has 0 fully saturated rings. The van der Waals surface area contributed by atoms with Gasteiger partial charge in [0.2, 0.25) is 11.8 Å². The van der Waals surface area contributed by atoms with Crippen LogP contribution in [-0.2, 0) is 9.59 Å². The first kappa shape index (κ1) is 21.1. The van der Waals surface area contributed by atoms with Crippen molar-refractivity contribution in [2.45, 2.75) is 33.2 Å². The lowest BCUT2D eigenvalue weighted by molar-refractivity contribution is -0.124. The molecule has 2 N–H and O–H groups in total. The van der Waals surface area contributed by atoms with Crippen LogP contribution in [0.5, 0.6) is 0 Å². The molecule has 6 nitrogen and oxygen atoms in total. The summed E-state index contributed by atoms with van der Waals surface area (Å²) in [6, 6.07) is 7.73. The van der Waals surface area contributed by atoms with Crippen molar-refractivity contribution >= 4 is 33.4 Å². The lowest BCUT2D eigenvalue weighted by Gasteiger charge is -2.28. The summed E-state index contributed by atoms with van der Waals surface area (Å²) in [7, 11) is 1.69. The predicted octanol–water partition coefficient (Wildman–Crippen LogP) is 2.68. The number of nitrogens with zero attached hydrogens (tertiary/aromatic N) is 2. The fraction of sp³-hybridized carbons (Fsp3) is 0.500. The van der Waals surface area contributed by atoms with Crippen molar-refractivity contribution in [1.82, 2.24) is 10.2 Å². The van der Waals surface area contributed by atoms with Crippen molar-refractivity contribution in [1.29, 1.82) is 5.26 Å². The molecule has 0 aromatic heterocycles. The maximum Gasteiger partial charge on any atom is 0.238 e. The molecule has 0 aliphatic rings. The number of halogens is 1. The number of nitriles is 1. The van der Waals surface area contributed by atoms with E-state index in [0.717, 1.165) is 15.7 Å². The van der Waals surface area contributed by atoms with Crippen LogP contribution in [0.15, 0.2) is 22.7 Å². The second-order valence-electron chi connectivity index (χ2n) is 6.70. The Hall–Kier alpha value is -1.91. The number of hydrogen-bond acceptors (Lipinski definition) is 4. The van der Waals surface area contributed by atoms with E-state index in [1.54, 1.807) is 18.9 Å². The van der Waals surface area contributed by atoms with Gasteiger partial charge < -0.3 is 10.6 Å². The van der Waals surface area contributed by atoms with E-state index in [-0.39, 0.29) is 30.8 Å². The van der Waals surface area contributed by atoms with Gasteiger partial charge >= 0.3 is 0 Å². The zero-order valence-corrected chi connectivity index (χ0v) is 16.9. The molecule has 25 heavy (non-hydrogen) atoms. The summed E-state index contributed by atoms with van der Waals surface area (Å²) in [5.74, 6) is -0.504. The molecule has 0 unspecified atom stereocenters. The first-order chi connectivity index (χ1) is 11.6. The minimum Gasteiger partial charge on any atom is -0.337 e. The van der Waals surface area contributed by atoms with Crippen LogP contribution < -0.4 is 10.6 Å². The largest absolute Gasteiger partial charge is 0.337 e. The number of nitrogens with one attached hydrogen (secondary N) is 2. The van der Waals surface area contributed by atoms with Crippen LogP contribution in [0.1, 0.15) is 26.3 Å². The van der Waals surface area contributed by atoms with Gasteiger partial charge in [0.05, 0.1) is 19.2 Å². The number of rotatable bonds is 7. The molecule has 1 atom stereocenters. The topological polar surface area (TPSA) is 85.2 Å². The Morgan fingerprint density at radius 3 is 2.44 bits per heavy atom. The van der Waals surface area contributed by atoms with Gasteiger partial charge in [-0.15, -0.1) is 0 Å². The Morgan fingerprint density at radius 1 is 1.32 bits per heavy atom. The van der Waals surface area contributed by atoms with Gasteiger partial charge in [-0.1, -0.05) is 29.8 Å². The predicted molar refractivity (Wildman–Crippen MR) is 102 cm³/mol. The summed E-state index contributed by atoms with van der Waals surface area (Å²) in [5, 5.41) is 14.8. The van der Waals surface area contributed by atoms with E-state index in [9.17, 15) is 14.9 Å². The van der Waals surface area contributed by atoms with Crippen molar-refractivity contribution in [3.8, 4) is 6.07 Å². The van der Waals surface area contributed by atoms with Crippen molar-refractivity contribution in [3.63, 3.8) is 0 Å². The van der Waals surface area contributed by atoms with Gasteiger partial charge in [-0.3, -0.25) is 14.5 Å². The molecule has 0 spiro atoms. The van der Waals surface area contributed by atoms with Crippen molar-refractivity contribution in [2.75, 3.05) is 25.5 Å². The lowest BCUT2D eigenvalue weighted by Crippen LogP contribution is -2.51. The van der Waals surface area contributed by atoms with Gasteiger partial charge in [0.15, 0.2) is 0 Å². The van der Waals surface area contributed by atoms with Gasteiger partial charge in [0.1, 0.15) is 5.54 Å². The number of benzene rings is 1. The van der Waals surface area contributed by atoms with Gasteiger partial charge in [0, 0.05) is 10.2 Å². The van der Waals surface area contributed by atoms with Crippen LogP contribution in [0.2, 0.25) is 0 Å². The SMILES string of the molecule is Cc1cc(Br)ccc1NC(=O)CN(C)CC(=O)N[C@@](C)(C#N)C(C)C. The third-order valence-electron chi connectivity index (χ3n) is 4.08. The molecule has 0 saturated carbocycles. The molecular weight excluding hydrogens is 384 g/mol. The monoisotopic (exact) mass is 408 g/mol. The maximum absolute atomic E-state index is 12.1. The minimum atomic E-state index is -0.922. The molecule has 1 rings (SSSR count). The summed E-state index contributed by atoms with van der Waals surface area (Å²) < 4.78 is 0.947. The van der Waals surface area contributed by atoms with E-state index in [2.05, 4.69) is 32.6 Å². The highest BCUT2D eigenvalue weighted by Crippen LogP contribution is 2.20. The Bertz CT molecular complexity index is 684. The Balaban J connectivity index is 2.55. The standard InChI is InChI=1S/C18H25BrN4O2/c1-12(2)18(4,11-20)22-17(25)10-23(5)9-16(24)21-15-7-6-14(19)8-13(15)3/h6-8,12H,9-10H2,1-5H3,(H,21,24)(H,22,25)/t18-/m0/s1. The molecule has 7 heteroatoms. The average Bonchev–Trinajstić information content (AvgIpc) is 2.49. The Morgan fingerprint density at radius 2 is 1.92 bits per heavy atom. The van der Waals surface area contributed by atoms with E-state index in [0.29, 0.717) is 0 Å². The number of aryl methyl sites for hydroxylation is 1. The fourth-order valence-electron chi connectivity index (χ4n) is 2.13. The highest BCUT2D eigenvalue weighted by Gasteiger charge is 2.30. The molecule has 1 aromatic rings. The first-order valence-electron chi connectivity index (χ1n) is 8.04. The average molecular weight is 409 g/mol. The number of hydrogen-bond donors (Lipinski definition) is 2. The van der Waals surface area contributed by atoms with Crippen molar-refractivity contribution in [2.24, 2.45) is 5.92 Å². The molecule has 0 saturated heterocycles. The number of anilines is 1. The molecule has 0 heterocycles. The van der Waals surface area contributed by atoms with Crippen molar-refractivity contribution in [3.05, 3.63) is 28.2 Å². The molecule has 0 aliphatic heterocycles. The second-order valence-corrected chi connectivity index (χ2v) is 7.61. The summed E-state index contributed by atoms with van der Waals surface area (Å²) in [6.07, 6.45) is 0. The van der Waals surface area contributed by atoms with E-state index < -0.39 is 5.54 Å². The second kappa shape index (κ2) is 8.97. The smallest absolute Gasteiger partial charge is 0.238 e. The van der Waals surface area contributed by atoms with Gasteiger partial charge in [-0.2, -0.15) is 5.26 Å². The highest BCUT2D eigenvalue weighted by molar-refractivity contribution is 9.10. The summed E-state index contributed by atoms with van der Waals surface area (Å²) >= 11 is 3.38. The maximum atomic E-state index is 12.1. The van der Waals surface area contributed by atoms with Gasteiger partial charge in [0.25, 0.3) is 0 Å². The Kier molecular flexibility index (Phi) is 7.59. The van der Waals surface area contributed by atoms with E-state index in [1.807, 2.05) is 39.0 Å². The summed E-state index contributed by atoms with van der Waals surface area (Å²) in [6.45, 7) is 7.47. The van der Waals surface area contributed by atoms with E-state index in [4.69, 9.17) is 0 Å². The third kappa shape index (κ3) is 6.48. The first-order valence-corrected chi connectivity index (χ1v) is 8.83. The van der Waals surface area contributed by atoms with Crippen LogP contribution in [0.25, 0.3) is 0 Å². The number of carbonyl (C=O) groups excluding carboxylic acids is 2. The highest BCUT2D eigenvalue weighted by atomic mass is 79.9. The third-order valence-corrected chi connectivity index (χ3v) is 4.57. The van der Waals surface area contributed by atoms with Crippen LogP contribution in [0.3, 0.4) is 0 Å². The fourth-order valence-corrected chi connectivity index (χ4v) is 2.61. The van der Waals surface area contributed by atoms with Gasteiger partial charge in [-0.05, 0) is 50.6 Å². The minimum absolute atomic E-state index is 0.0181. The summed E-state index contributed by atoms with van der Waals surface area (Å²) in [5.41, 5.74) is 0.766.